The number of fused-ring (bicyclic) bond motifs is 1. The van der Waals surface area contributed by atoms with Crippen LogP contribution < -0.4 is 20.7 Å². The quantitative estimate of drug-likeness (QED) is 0.276. The molecule has 0 bridgehead atoms. The van der Waals surface area contributed by atoms with Crippen LogP contribution in [0.25, 0.3) is 0 Å². The predicted molar refractivity (Wildman–Crippen MR) is 184 cm³/mol. The number of ether oxygens (including phenoxy) is 2. The molecular weight excluding hydrogens is 617 g/mol. The van der Waals surface area contributed by atoms with Crippen LogP contribution in [0, 0.1) is 11.7 Å². The Kier molecular flexibility index (Phi) is 13.9. The fourth-order valence-electron chi connectivity index (χ4n) is 6.17. The van der Waals surface area contributed by atoms with Crippen molar-refractivity contribution in [3.63, 3.8) is 0 Å². The molecule has 0 radical (unpaired) electrons. The fourth-order valence-corrected chi connectivity index (χ4v) is 6.17. The Morgan fingerprint density at radius 2 is 1.69 bits per heavy atom. The van der Waals surface area contributed by atoms with Gasteiger partial charge in [0.15, 0.2) is 0 Å². The van der Waals surface area contributed by atoms with E-state index in [-0.39, 0.29) is 61.3 Å². The van der Waals surface area contributed by atoms with Gasteiger partial charge in [-0.3, -0.25) is 4.79 Å². The number of aliphatic hydroxyl groups excluding tert-OH is 1. The first-order valence-electron chi connectivity index (χ1n) is 17.2. The summed E-state index contributed by atoms with van der Waals surface area (Å²) in [6.45, 7) is 6.36. The molecule has 1 heterocycles. The van der Waals surface area contributed by atoms with Crippen LogP contribution in [0.1, 0.15) is 82.5 Å². The average molecular weight is 670 g/mol. The molecule has 1 aliphatic heterocycles. The molecule has 0 aromatic heterocycles. The summed E-state index contributed by atoms with van der Waals surface area (Å²) in [7, 11) is 1.66. The van der Waals surface area contributed by atoms with Crippen LogP contribution in [0.3, 0.4) is 0 Å². The number of amides is 5. The summed E-state index contributed by atoms with van der Waals surface area (Å²) in [4.78, 5) is 43.3. The molecule has 264 valence electrons. The smallest absolute Gasteiger partial charge is 0.321 e. The molecule has 12 heteroatoms. The number of urea groups is 2. The zero-order chi connectivity index (χ0) is 34.6. The number of halogens is 1. The van der Waals surface area contributed by atoms with Crippen LogP contribution in [0.4, 0.5) is 25.4 Å². The molecule has 2 aromatic rings. The summed E-state index contributed by atoms with van der Waals surface area (Å²) < 4.78 is 26.0. The molecule has 0 spiro atoms. The molecule has 4 rings (SSSR count). The number of aliphatic hydroxyl groups is 1. The third kappa shape index (κ3) is 10.8. The number of hydrogen-bond acceptors (Lipinski definition) is 6. The van der Waals surface area contributed by atoms with Gasteiger partial charge in [-0.2, -0.15) is 0 Å². The summed E-state index contributed by atoms with van der Waals surface area (Å²) in [6, 6.07) is 9.55. The van der Waals surface area contributed by atoms with E-state index >= 15 is 0 Å². The summed E-state index contributed by atoms with van der Waals surface area (Å²) in [5.74, 6) is -0.565. The van der Waals surface area contributed by atoms with Gasteiger partial charge in [0.2, 0.25) is 0 Å². The highest BCUT2D eigenvalue weighted by Gasteiger charge is 2.31. The molecule has 5 amide bonds. The van der Waals surface area contributed by atoms with Crippen molar-refractivity contribution >= 4 is 29.3 Å². The maximum Gasteiger partial charge on any atom is 0.321 e. The number of likely N-dealkylation sites (N-methyl/N-ethyl adjacent to an activating group) is 1. The maximum absolute atomic E-state index is 14.3. The lowest BCUT2D eigenvalue weighted by Gasteiger charge is -2.35. The molecule has 2 aromatic carbocycles. The number of hydrogen-bond donors (Lipinski definition) is 4. The second-order valence-corrected chi connectivity index (χ2v) is 13.3. The molecule has 4 N–H and O–H groups in total. The van der Waals surface area contributed by atoms with Crippen molar-refractivity contribution in [3.05, 3.63) is 53.8 Å². The van der Waals surface area contributed by atoms with Crippen LogP contribution in [0.15, 0.2) is 42.5 Å². The molecular formula is C36H52FN5O6. The van der Waals surface area contributed by atoms with Gasteiger partial charge in [-0.15, -0.1) is 0 Å². The highest BCUT2D eigenvalue weighted by Crippen LogP contribution is 2.29. The number of nitrogens with one attached hydrogen (secondary N) is 3. The Morgan fingerprint density at radius 1 is 1.00 bits per heavy atom. The van der Waals surface area contributed by atoms with Crippen molar-refractivity contribution < 1.29 is 33.4 Å². The minimum atomic E-state index is -0.538. The lowest BCUT2D eigenvalue weighted by atomic mass is 9.96. The van der Waals surface area contributed by atoms with Gasteiger partial charge in [-0.05, 0) is 88.4 Å². The summed E-state index contributed by atoms with van der Waals surface area (Å²) >= 11 is 0. The van der Waals surface area contributed by atoms with E-state index in [0.29, 0.717) is 23.7 Å². The van der Waals surface area contributed by atoms with E-state index in [1.165, 1.54) is 35.6 Å². The van der Waals surface area contributed by atoms with Gasteiger partial charge >= 0.3 is 12.1 Å². The molecule has 1 saturated carbocycles. The SMILES string of the molecule is C[C@@H]1CCCCO[C@H](CN(C)C(=O)Nc2ccc(F)cc2)[C@@H](C)CN([C@@H](C)CO)C(=O)c2cc(NC(=O)NC3CCCCC3)ccc2O1. The Labute approximate surface area is 283 Å². The van der Waals surface area contributed by atoms with E-state index in [4.69, 9.17) is 9.47 Å². The highest BCUT2D eigenvalue weighted by atomic mass is 19.1. The summed E-state index contributed by atoms with van der Waals surface area (Å²) in [5.41, 5.74) is 1.22. The Balaban J connectivity index is 1.55. The molecule has 1 aliphatic carbocycles. The Bertz CT molecular complexity index is 1350. The van der Waals surface area contributed by atoms with Crippen LogP contribution in [-0.4, -0.2) is 90.5 Å². The van der Waals surface area contributed by atoms with Gasteiger partial charge in [-0.25, -0.2) is 14.0 Å². The van der Waals surface area contributed by atoms with E-state index in [2.05, 4.69) is 16.0 Å². The van der Waals surface area contributed by atoms with Crippen LogP contribution >= 0.6 is 0 Å². The first-order chi connectivity index (χ1) is 23.0. The third-order valence-corrected chi connectivity index (χ3v) is 9.15. The normalized spacial score (nSPS) is 22.0. The van der Waals surface area contributed by atoms with Gasteiger partial charge in [0, 0.05) is 50.1 Å². The van der Waals surface area contributed by atoms with Gasteiger partial charge < -0.3 is 40.3 Å². The van der Waals surface area contributed by atoms with Crippen LogP contribution in [0.2, 0.25) is 0 Å². The van der Waals surface area contributed by atoms with E-state index in [0.717, 1.165) is 44.9 Å². The van der Waals surface area contributed by atoms with Crippen LogP contribution in [-0.2, 0) is 4.74 Å². The topological polar surface area (TPSA) is 132 Å². The molecule has 0 unspecified atom stereocenters. The number of anilines is 2. The van der Waals surface area contributed by atoms with Crippen molar-refractivity contribution in [2.24, 2.45) is 5.92 Å². The van der Waals surface area contributed by atoms with E-state index in [1.807, 2.05) is 13.8 Å². The Morgan fingerprint density at radius 3 is 2.40 bits per heavy atom. The number of rotatable bonds is 7. The van der Waals surface area contributed by atoms with Crippen LogP contribution in [0.5, 0.6) is 5.75 Å². The van der Waals surface area contributed by atoms with Crippen molar-refractivity contribution in [1.29, 1.82) is 0 Å². The standard InChI is InChI=1S/C36H52FN5O6/c1-24-21-42(25(2)23-43)34(44)31-20-30(39-35(45)38-28-11-6-5-7-12-28)17-18-32(31)48-26(3)10-8-9-19-47-33(24)22-41(4)36(46)40-29-15-13-27(37)14-16-29/h13-18,20,24-26,28,33,43H,5-12,19,21-23H2,1-4H3,(H,40,46)(H2,38,39,45)/t24-,25-,26+,33+/m0/s1. The molecule has 48 heavy (non-hydrogen) atoms. The van der Waals surface area contributed by atoms with Crippen molar-refractivity contribution in [2.45, 2.75) is 96.4 Å². The zero-order valence-electron chi connectivity index (χ0n) is 28.7. The van der Waals surface area contributed by atoms with Crippen molar-refractivity contribution in [1.82, 2.24) is 15.1 Å². The van der Waals surface area contributed by atoms with Gasteiger partial charge in [0.1, 0.15) is 11.6 Å². The Hall–Kier alpha value is -3.90. The number of benzene rings is 2. The lowest BCUT2D eigenvalue weighted by Crippen LogP contribution is -2.48. The van der Waals surface area contributed by atoms with Gasteiger partial charge in [-0.1, -0.05) is 26.2 Å². The maximum atomic E-state index is 14.3. The molecule has 11 nitrogen and oxygen atoms in total. The predicted octanol–water partition coefficient (Wildman–Crippen LogP) is 6.24. The average Bonchev–Trinajstić information content (AvgIpc) is 3.07. The lowest BCUT2D eigenvalue weighted by molar-refractivity contribution is -0.0115. The monoisotopic (exact) mass is 669 g/mol. The fraction of sp³-hybridized carbons (Fsp3) is 0.583. The highest BCUT2D eigenvalue weighted by molar-refractivity contribution is 5.99. The van der Waals surface area contributed by atoms with E-state index in [1.54, 1.807) is 37.1 Å². The van der Waals surface area contributed by atoms with E-state index in [9.17, 15) is 23.9 Å². The molecule has 2 aliphatic rings. The molecule has 0 saturated heterocycles. The van der Waals surface area contributed by atoms with Crippen molar-refractivity contribution in [2.75, 3.05) is 44.0 Å². The molecule has 4 atom stereocenters. The molecule has 1 fully saturated rings. The van der Waals surface area contributed by atoms with Gasteiger partial charge in [0.05, 0.1) is 30.4 Å². The summed E-state index contributed by atoms with van der Waals surface area (Å²) in [6.07, 6.45) is 7.01. The zero-order valence-corrected chi connectivity index (χ0v) is 28.7. The number of carbonyl (C=O) groups excluding carboxylic acids is 3. The minimum Gasteiger partial charge on any atom is -0.490 e. The second-order valence-electron chi connectivity index (χ2n) is 13.3. The number of carbonyl (C=O) groups is 3. The minimum absolute atomic E-state index is 0.132. The first kappa shape index (κ1) is 36.9. The van der Waals surface area contributed by atoms with E-state index < -0.39 is 18.0 Å². The first-order valence-corrected chi connectivity index (χ1v) is 17.2. The second kappa shape index (κ2) is 18.0. The van der Waals surface area contributed by atoms with Gasteiger partial charge in [0.25, 0.3) is 5.91 Å². The summed E-state index contributed by atoms with van der Waals surface area (Å²) in [5, 5.41) is 18.9. The third-order valence-electron chi connectivity index (χ3n) is 9.15. The largest absolute Gasteiger partial charge is 0.490 e. The van der Waals surface area contributed by atoms with Crippen molar-refractivity contribution in [3.8, 4) is 5.75 Å². The number of nitrogens with zero attached hydrogens (tertiary/aromatic N) is 2.